The Hall–Kier alpha value is -2.83. The minimum Gasteiger partial charge on any atom is -0.481 e. The molecule has 11 nitrogen and oxygen atoms in total. The van der Waals surface area contributed by atoms with Gasteiger partial charge in [-0.25, -0.2) is 23.4 Å². The Balaban J connectivity index is 1.36. The first kappa shape index (κ1) is 23.6. The number of ether oxygens (including phenoxy) is 2. The van der Waals surface area contributed by atoms with Crippen LogP contribution in [0.3, 0.4) is 0 Å². The average molecular weight is 532 g/mol. The number of anilines is 1. The molecular weight excluding hydrogens is 506 g/mol. The molecule has 0 unspecified atom stereocenters. The van der Waals surface area contributed by atoms with Crippen molar-refractivity contribution in [1.82, 2.24) is 29.7 Å². The lowest BCUT2D eigenvalue weighted by molar-refractivity contribution is 0.0950. The lowest BCUT2D eigenvalue weighted by atomic mass is 10.2. The molecule has 0 bridgehead atoms. The van der Waals surface area contributed by atoms with E-state index in [-0.39, 0.29) is 28.6 Å². The van der Waals surface area contributed by atoms with Crippen molar-refractivity contribution >= 4 is 27.6 Å². The summed E-state index contributed by atoms with van der Waals surface area (Å²) < 4.78 is 42.5. The zero-order valence-electron chi connectivity index (χ0n) is 20.0. The molecule has 3 fully saturated rings. The van der Waals surface area contributed by atoms with E-state index >= 15 is 0 Å². The molecule has 3 aromatic heterocycles. The van der Waals surface area contributed by atoms with Crippen LogP contribution in [0.1, 0.15) is 50.6 Å². The van der Waals surface area contributed by atoms with Crippen molar-refractivity contribution in [2.45, 2.75) is 50.0 Å². The lowest BCUT2D eigenvalue weighted by Crippen LogP contribution is -2.33. The van der Waals surface area contributed by atoms with Crippen molar-refractivity contribution in [3.63, 3.8) is 0 Å². The highest BCUT2D eigenvalue weighted by molar-refractivity contribution is 7.93. The standard InChI is InChI=1S/C23H26ClN7O4S/c1-13(17(35-3)18-25-11-14(24)12-26-18)36(32,33)30-21-29-28-19(15-5-4-6-16(27-15)34-2)31(21)20-22(7-8-22)23(20)9-10-23/h4-6,11-13,17,20H,7-10H2,1-3H3,(H,29,30)/t13-,17-/m0/s1. The van der Waals surface area contributed by atoms with Crippen molar-refractivity contribution in [3.05, 3.63) is 41.4 Å². The van der Waals surface area contributed by atoms with Gasteiger partial charge in [0.15, 0.2) is 11.6 Å². The first-order valence-electron chi connectivity index (χ1n) is 11.7. The van der Waals surface area contributed by atoms with E-state index in [4.69, 9.17) is 21.1 Å². The third-order valence-electron chi connectivity index (χ3n) is 7.95. The number of halogens is 1. The van der Waals surface area contributed by atoms with Crippen molar-refractivity contribution in [2.75, 3.05) is 18.9 Å². The number of hydrogen-bond acceptors (Lipinski definition) is 9. The second-order valence-electron chi connectivity index (χ2n) is 9.77. The molecule has 6 rings (SSSR count). The largest absolute Gasteiger partial charge is 0.481 e. The molecule has 13 heteroatoms. The first-order chi connectivity index (χ1) is 17.3. The summed E-state index contributed by atoms with van der Waals surface area (Å²) in [6.45, 7) is 1.54. The predicted molar refractivity (Wildman–Crippen MR) is 131 cm³/mol. The summed E-state index contributed by atoms with van der Waals surface area (Å²) in [7, 11) is -1.02. The number of nitrogens with zero attached hydrogens (tertiary/aromatic N) is 6. The molecule has 3 aliphatic rings. The molecule has 0 saturated heterocycles. The zero-order valence-corrected chi connectivity index (χ0v) is 21.6. The normalized spacial score (nSPS) is 20.8. The van der Waals surface area contributed by atoms with Crippen LogP contribution in [0.2, 0.25) is 5.02 Å². The van der Waals surface area contributed by atoms with Crippen LogP contribution in [0.25, 0.3) is 11.5 Å². The van der Waals surface area contributed by atoms with Gasteiger partial charge in [-0.15, -0.1) is 10.2 Å². The number of fused-ring (bicyclic) bond motifs is 1. The first-order valence-corrected chi connectivity index (χ1v) is 13.7. The highest BCUT2D eigenvalue weighted by Gasteiger charge is 2.88. The molecule has 3 heterocycles. The Labute approximate surface area is 213 Å². The molecular formula is C23H26ClN7O4S. The van der Waals surface area contributed by atoms with Gasteiger partial charge in [-0.1, -0.05) is 17.7 Å². The van der Waals surface area contributed by atoms with E-state index in [2.05, 4.69) is 29.9 Å². The van der Waals surface area contributed by atoms with E-state index in [1.807, 2.05) is 16.7 Å². The smallest absolute Gasteiger partial charge is 0.240 e. The van der Waals surface area contributed by atoms with Gasteiger partial charge in [0.05, 0.1) is 18.2 Å². The third kappa shape index (κ3) is 3.49. The van der Waals surface area contributed by atoms with Crippen LogP contribution >= 0.6 is 11.6 Å². The van der Waals surface area contributed by atoms with E-state index in [1.165, 1.54) is 19.5 Å². The van der Waals surface area contributed by atoms with Gasteiger partial charge in [-0.05, 0) is 49.5 Å². The molecule has 2 spiro atoms. The van der Waals surface area contributed by atoms with Crippen LogP contribution in [0.5, 0.6) is 5.88 Å². The fraction of sp³-hybridized carbons (Fsp3) is 0.522. The maximum absolute atomic E-state index is 13.5. The fourth-order valence-electron chi connectivity index (χ4n) is 5.81. The maximum Gasteiger partial charge on any atom is 0.240 e. The second kappa shape index (κ2) is 8.09. The quantitative estimate of drug-likeness (QED) is 0.440. The number of nitrogens with one attached hydrogen (secondary N) is 1. The molecule has 3 aromatic rings. The summed E-state index contributed by atoms with van der Waals surface area (Å²) in [6.07, 6.45) is 6.41. The molecule has 36 heavy (non-hydrogen) atoms. The molecule has 0 amide bonds. The lowest BCUT2D eigenvalue weighted by Gasteiger charge is -2.22. The third-order valence-corrected chi connectivity index (χ3v) is 9.83. The Morgan fingerprint density at radius 2 is 1.78 bits per heavy atom. The number of aromatic nitrogens is 6. The number of pyridine rings is 1. The molecule has 0 radical (unpaired) electrons. The monoisotopic (exact) mass is 531 g/mol. The molecule has 2 atom stereocenters. The van der Waals surface area contributed by atoms with Crippen LogP contribution in [0, 0.1) is 10.8 Å². The van der Waals surface area contributed by atoms with Crippen LogP contribution in [0.4, 0.5) is 5.95 Å². The molecule has 0 aromatic carbocycles. The highest BCUT2D eigenvalue weighted by Crippen LogP contribution is 2.94. The Morgan fingerprint density at radius 1 is 1.11 bits per heavy atom. The summed E-state index contributed by atoms with van der Waals surface area (Å²) in [6, 6.07) is 5.54. The second-order valence-corrected chi connectivity index (χ2v) is 12.2. The van der Waals surface area contributed by atoms with E-state index in [9.17, 15) is 8.42 Å². The fourth-order valence-corrected chi connectivity index (χ4v) is 7.05. The minimum atomic E-state index is -3.98. The summed E-state index contributed by atoms with van der Waals surface area (Å²) >= 11 is 5.89. The average Bonchev–Trinajstić information content (AvgIpc) is 3.83. The summed E-state index contributed by atoms with van der Waals surface area (Å²) in [5, 5.41) is 7.99. The topological polar surface area (TPSA) is 134 Å². The maximum atomic E-state index is 13.5. The van der Waals surface area contributed by atoms with Crippen molar-refractivity contribution in [2.24, 2.45) is 10.8 Å². The Morgan fingerprint density at radius 3 is 2.36 bits per heavy atom. The molecule has 1 N–H and O–H groups in total. The molecule has 190 valence electrons. The van der Waals surface area contributed by atoms with Gasteiger partial charge in [0.1, 0.15) is 17.0 Å². The molecule has 3 aliphatic carbocycles. The Bertz CT molecular complexity index is 1400. The number of methoxy groups -OCH3 is 2. The number of hydrogen-bond donors (Lipinski definition) is 1. The Kier molecular flexibility index (Phi) is 5.29. The van der Waals surface area contributed by atoms with Crippen LogP contribution in [0.15, 0.2) is 30.6 Å². The van der Waals surface area contributed by atoms with Gasteiger partial charge in [-0.3, -0.25) is 9.29 Å². The van der Waals surface area contributed by atoms with Gasteiger partial charge in [0.25, 0.3) is 0 Å². The van der Waals surface area contributed by atoms with Crippen LogP contribution in [-0.4, -0.2) is 57.6 Å². The number of sulfonamides is 1. The van der Waals surface area contributed by atoms with Gasteiger partial charge in [-0.2, -0.15) is 0 Å². The van der Waals surface area contributed by atoms with Crippen molar-refractivity contribution in [3.8, 4) is 17.4 Å². The summed E-state index contributed by atoms with van der Waals surface area (Å²) in [5.41, 5.74) is 0.991. The van der Waals surface area contributed by atoms with Gasteiger partial charge in [0, 0.05) is 25.6 Å². The van der Waals surface area contributed by atoms with Gasteiger partial charge >= 0.3 is 0 Å². The van der Waals surface area contributed by atoms with E-state index in [0.717, 1.165) is 25.7 Å². The minimum absolute atomic E-state index is 0.133. The summed E-state index contributed by atoms with van der Waals surface area (Å²) in [4.78, 5) is 12.8. The van der Waals surface area contributed by atoms with E-state index in [1.54, 1.807) is 20.1 Å². The SMILES string of the molecule is COc1cccc(-c2nnc(NS(=O)(=O)[C@@H](C)[C@H](OC)c3ncc(Cl)cn3)n2C2C3(CC3)C23CC3)n1. The highest BCUT2D eigenvalue weighted by atomic mass is 35.5. The summed E-state index contributed by atoms with van der Waals surface area (Å²) in [5.74, 6) is 1.36. The molecule has 0 aliphatic heterocycles. The van der Waals surface area contributed by atoms with Crippen molar-refractivity contribution < 1.29 is 17.9 Å². The zero-order chi connectivity index (χ0) is 25.3. The van der Waals surface area contributed by atoms with Crippen LogP contribution in [-0.2, 0) is 14.8 Å². The van der Waals surface area contributed by atoms with Crippen LogP contribution < -0.4 is 9.46 Å². The van der Waals surface area contributed by atoms with Crippen molar-refractivity contribution in [1.29, 1.82) is 0 Å². The molecule has 3 saturated carbocycles. The van der Waals surface area contributed by atoms with Gasteiger partial charge in [0.2, 0.25) is 21.9 Å². The van der Waals surface area contributed by atoms with E-state index < -0.39 is 21.4 Å². The predicted octanol–water partition coefficient (Wildman–Crippen LogP) is 3.43. The van der Waals surface area contributed by atoms with E-state index in [0.29, 0.717) is 22.4 Å². The number of rotatable bonds is 9. The van der Waals surface area contributed by atoms with Gasteiger partial charge < -0.3 is 9.47 Å².